The smallest absolute Gasteiger partial charge is 0.403 e. The van der Waals surface area contributed by atoms with Crippen LogP contribution in [0.15, 0.2) is 29.5 Å². The second-order valence-corrected chi connectivity index (χ2v) is 5.85. The van der Waals surface area contributed by atoms with E-state index in [-0.39, 0.29) is 5.82 Å². The molecule has 1 fully saturated rings. The van der Waals surface area contributed by atoms with Crippen molar-refractivity contribution in [1.29, 1.82) is 5.41 Å². The summed E-state index contributed by atoms with van der Waals surface area (Å²) in [4.78, 5) is 8.28. The van der Waals surface area contributed by atoms with Crippen LogP contribution in [0.25, 0.3) is 0 Å². The van der Waals surface area contributed by atoms with E-state index < -0.39 is 18.3 Å². The van der Waals surface area contributed by atoms with Crippen LogP contribution in [0, 0.1) is 5.41 Å². The van der Waals surface area contributed by atoms with E-state index in [4.69, 9.17) is 14.7 Å². The van der Waals surface area contributed by atoms with E-state index in [2.05, 4.69) is 9.98 Å². The molecule has 2 heterocycles. The lowest BCUT2D eigenvalue weighted by Gasteiger charge is -2.32. The van der Waals surface area contributed by atoms with Gasteiger partial charge in [-0.15, -0.1) is 0 Å². The number of aromatic nitrogens is 1. The zero-order chi connectivity index (χ0) is 14.8. The molecule has 0 aliphatic carbocycles. The molecule has 1 aliphatic heterocycles. The van der Waals surface area contributed by atoms with Gasteiger partial charge in [0, 0.05) is 24.8 Å². The highest BCUT2D eigenvalue weighted by Crippen LogP contribution is 2.39. The Balaban J connectivity index is 2.11. The first-order chi connectivity index (χ1) is 9.36. The van der Waals surface area contributed by atoms with E-state index in [1.54, 1.807) is 18.6 Å². The van der Waals surface area contributed by atoms with Gasteiger partial charge in [0.1, 0.15) is 0 Å². The van der Waals surface area contributed by atoms with Crippen LogP contribution in [0.3, 0.4) is 0 Å². The number of pyridine rings is 1. The Morgan fingerprint density at radius 2 is 1.75 bits per heavy atom. The van der Waals surface area contributed by atoms with Gasteiger partial charge in [-0.1, -0.05) is 0 Å². The molecule has 5 nitrogen and oxygen atoms in total. The van der Waals surface area contributed by atoms with E-state index in [9.17, 15) is 0 Å². The molecule has 1 aliphatic rings. The summed E-state index contributed by atoms with van der Waals surface area (Å²) in [7, 11) is -0.483. The summed E-state index contributed by atoms with van der Waals surface area (Å²) in [5.74, 6) is -0.316. The molecule has 106 valence electrons. The highest BCUT2D eigenvalue weighted by Gasteiger charge is 2.53. The lowest BCUT2D eigenvalue weighted by molar-refractivity contribution is 0.00578. The maximum absolute atomic E-state index is 7.56. The molecule has 0 spiro atoms. The number of aliphatic imine (C=N–C) groups is 1. The summed E-state index contributed by atoms with van der Waals surface area (Å²) in [6.07, 6.45) is 6.35. The van der Waals surface area contributed by atoms with Crippen LogP contribution in [0.4, 0.5) is 5.69 Å². The topological polar surface area (TPSA) is 67.6 Å². The van der Waals surface area contributed by atoms with Gasteiger partial charge >= 0.3 is 7.12 Å². The van der Waals surface area contributed by atoms with Crippen molar-refractivity contribution in [2.45, 2.75) is 44.7 Å². The van der Waals surface area contributed by atoms with Crippen LogP contribution < -0.4 is 0 Å². The molecule has 1 aromatic heterocycles. The van der Waals surface area contributed by atoms with Gasteiger partial charge in [-0.3, -0.25) is 9.98 Å². The number of nitrogens with one attached hydrogen (secondary N) is 1. The molecule has 2 rings (SSSR count). The van der Waals surface area contributed by atoms with Gasteiger partial charge in [0.15, 0.2) is 0 Å². The average Bonchev–Trinajstić information content (AvgIpc) is 2.60. The van der Waals surface area contributed by atoms with E-state index in [1.165, 1.54) is 6.21 Å². The monoisotopic (exact) mass is 273 g/mol. The predicted molar refractivity (Wildman–Crippen MR) is 81.0 cm³/mol. The quantitative estimate of drug-likeness (QED) is 0.677. The minimum Gasteiger partial charge on any atom is -0.403 e. The van der Waals surface area contributed by atoms with Gasteiger partial charge in [-0.25, -0.2) is 0 Å². The summed E-state index contributed by atoms with van der Waals surface area (Å²) in [5.41, 5.74) is -0.00396. The van der Waals surface area contributed by atoms with Crippen molar-refractivity contribution < 1.29 is 9.31 Å². The normalized spacial score (nSPS) is 22.1. The molecule has 6 heteroatoms. The molecular formula is C14H20BN3O2. The molecule has 0 radical (unpaired) electrons. The third kappa shape index (κ3) is 2.97. The van der Waals surface area contributed by atoms with Gasteiger partial charge < -0.3 is 14.7 Å². The van der Waals surface area contributed by atoms with Crippen LogP contribution >= 0.6 is 0 Å². The highest BCUT2D eigenvalue weighted by atomic mass is 16.7. The SMILES string of the molecule is CC1(C)OB(C(C=N)C=Nc2ccncc2)OC1(C)C. The van der Waals surface area contributed by atoms with E-state index in [0.717, 1.165) is 5.69 Å². The van der Waals surface area contributed by atoms with Gasteiger partial charge in [0.05, 0.1) is 22.7 Å². The van der Waals surface area contributed by atoms with Crippen molar-refractivity contribution in [3.8, 4) is 0 Å². The fourth-order valence-electron chi connectivity index (χ4n) is 1.84. The van der Waals surface area contributed by atoms with E-state index in [0.29, 0.717) is 0 Å². The van der Waals surface area contributed by atoms with Crippen molar-refractivity contribution in [2.75, 3.05) is 0 Å². The molecule has 20 heavy (non-hydrogen) atoms. The summed E-state index contributed by atoms with van der Waals surface area (Å²) in [6, 6.07) is 3.61. The maximum atomic E-state index is 7.56. The molecule has 0 amide bonds. The summed E-state index contributed by atoms with van der Waals surface area (Å²) < 4.78 is 11.9. The van der Waals surface area contributed by atoms with E-state index >= 15 is 0 Å². The van der Waals surface area contributed by atoms with Gasteiger partial charge in [0.25, 0.3) is 0 Å². The Morgan fingerprint density at radius 3 is 2.25 bits per heavy atom. The van der Waals surface area contributed by atoms with Crippen LogP contribution in [-0.4, -0.2) is 35.7 Å². The Labute approximate surface area is 120 Å². The Kier molecular flexibility index (Phi) is 4.06. The average molecular weight is 273 g/mol. The molecule has 1 aromatic rings. The molecule has 1 atom stereocenters. The minimum absolute atomic E-state index is 0.316. The van der Waals surface area contributed by atoms with Crippen molar-refractivity contribution >= 4 is 25.2 Å². The first-order valence-electron chi connectivity index (χ1n) is 6.66. The van der Waals surface area contributed by atoms with Crippen molar-refractivity contribution in [1.82, 2.24) is 4.98 Å². The summed E-state index contributed by atoms with van der Waals surface area (Å²) in [6.45, 7) is 7.98. The molecule has 0 aromatic carbocycles. The van der Waals surface area contributed by atoms with Gasteiger partial charge in [-0.2, -0.15) is 0 Å². The lowest BCUT2D eigenvalue weighted by Crippen LogP contribution is -2.41. The highest BCUT2D eigenvalue weighted by molar-refractivity contribution is 6.56. The number of rotatable bonds is 4. The summed E-state index contributed by atoms with van der Waals surface area (Å²) in [5, 5.41) is 7.56. The molecular weight excluding hydrogens is 253 g/mol. The number of hydrogen-bond donors (Lipinski definition) is 1. The Morgan fingerprint density at radius 1 is 1.20 bits per heavy atom. The minimum atomic E-state index is -0.483. The Hall–Kier alpha value is -1.53. The van der Waals surface area contributed by atoms with Gasteiger partial charge in [-0.05, 0) is 39.8 Å². The second kappa shape index (κ2) is 5.46. The molecule has 1 N–H and O–H groups in total. The van der Waals surface area contributed by atoms with Crippen molar-refractivity contribution in [3.05, 3.63) is 24.5 Å². The van der Waals surface area contributed by atoms with Crippen molar-refractivity contribution in [2.24, 2.45) is 4.99 Å². The van der Waals surface area contributed by atoms with Crippen LogP contribution in [0.2, 0.25) is 5.82 Å². The van der Waals surface area contributed by atoms with Crippen LogP contribution in [0.1, 0.15) is 27.7 Å². The van der Waals surface area contributed by atoms with Gasteiger partial charge in [0.2, 0.25) is 0 Å². The largest absolute Gasteiger partial charge is 0.472 e. The zero-order valence-corrected chi connectivity index (χ0v) is 12.3. The van der Waals surface area contributed by atoms with Crippen LogP contribution in [0.5, 0.6) is 0 Å². The first kappa shape index (κ1) is 14.9. The zero-order valence-electron chi connectivity index (χ0n) is 12.3. The van der Waals surface area contributed by atoms with Crippen molar-refractivity contribution in [3.63, 3.8) is 0 Å². The molecule has 0 bridgehead atoms. The third-order valence-corrected chi connectivity index (χ3v) is 3.84. The number of hydrogen-bond acceptors (Lipinski definition) is 5. The maximum Gasteiger partial charge on any atom is 0.472 e. The molecule has 1 saturated heterocycles. The standard InChI is InChI=1S/C14H20BN3O2/c1-13(2)14(3,4)20-15(19-13)11(9-16)10-18-12-5-7-17-8-6-12/h5-11,16H,1-4H3. The fourth-order valence-corrected chi connectivity index (χ4v) is 1.84. The third-order valence-electron chi connectivity index (χ3n) is 3.84. The first-order valence-corrected chi connectivity index (χ1v) is 6.66. The molecule has 0 saturated carbocycles. The molecule has 1 unspecified atom stereocenters. The van der Waals surface area contributed by atoms with E-state index in [1.807, 2.05) is 39.8 Å². The lowest BCUT2D eigenvalue weighted by atomic mass is 9.73. The summed E-state index contributed by atoms with van der Waals surface area (Å²) >= 11 is 0. The predicted octanol–water partition coefficient (Wildman–Crippen LogP) is 2.90. The van der Waals surface area contributed by atoms with Crippen LogP contribution in [-0.2, 0) is 9.31 Å². The second-order valence-electron chi connectivity index (χ2n) is 5.85. The Bertz CT molecular complexity index is 486. The fraction of sp³-hybridized carbons (Fsp3) is 0.500. The number of nitrogens with zero attached hydrogens (tertiary/aromatic N) is 2.